The first-order valence-corrected chi connectivity index (χ1v) is 6.99. The van der Waals surface area contributed by atoms with Crippen molar-refractivity contribution in [1.29, 1.82) is 0 Å². The molecule has 3 N–H and O–H groups in total. The average molecular weight is 307 g/mol. The second-order valence-electron chi connectivity index (χ2n) is 4.01. The number of carboxylic acids is 1. The quantitative estimate of drug-likeness (QED) is 0.722. The number of hydrogen-bond acceptors (Lipinski definition) is 6. The molecule has 2 aromatic rings. The molecule has 0 unspecified atom stereocenters. The molecule has 110 valence electrons. The van der Waals surface area contributed by atoms with Crippen molar-refractivity contribution in [1.82, 2.24) is 25.8 Å². The lowest BCUT2D eigenvalue weighted by Crippen LogP contribution is -2.36. The molecule has 0 atom stereocenters. The monoisotopic (exact) mass is 307 g/mol. The highest BCUT2D eigenvalue weighted by molar-refractivity contribution is 7.09. The summed E-state index contributed by atoms with van der Waals surface area (Å²) in [7, 11) is 0. The predicted octanol–water partition coefficient (Wildman–Crippen LogP) is 0.673. The fraction of sp³-hybridized carbons (Fsp3) is 0.250. The number of nitrogens with zero attached hydrogens (tertiary/aromatic N) is 3. The molecule has 21 heavy (non-hydrogen) atoms. The summed E-state index contributed by atoms with van der Waals surface area (Å²) in [6.07, 6.45) is 2.04. The number of nitrogens with one attached hydrogen (secondary N) is 2. The van der Waals surface area contributed by atoms with Gasteiger partial charge in [0.05, 0.1) is 17.2 Å². The number of carbonyl (C=O) groups is 2. The molecule has 0 bridgehead atoms. The van der Waals surface area contributed by atoms with Gasteiger partial charge in [-0.3, -0.25) is 0 Å². The highest BCUT2D eigenvalue weighted by Crippen LogP contribution is 2.09. The molecular formula is C12H13N5O3S. The van der Waals surface area contributed by atoms with E-state index in [1.54, 1.807) is 18.3 Å². The van der Waals surface area contributed by atoms with Gasteiger partial charge in [-0.15, -0.1) is 11.3 Å². The molecule has 0 aromatic carbocycles. The Labute approximate surface area is 124 Å². The summed E-state index contributed by atoms with van der Waals surface area (Å²) in [5.74, 6) is -1.05. The third kappa shape index (κ3) is 4.80. The van der Waals surface area contributed by atoms with Crippen molar-refractivity contribution < 1.29 is 14.7 Å². The molecule has 2 aromatic heterocycles. The van der Waals surface area contributed by atoms with Crippen LogP contribution in [0.3, 0.4) is 0 Å². The first kappa shape index (κ1) is 14.9. The van der Waals surface area contributed by atoms with Gasteiger partial charge in [0, 0.05) is 24.5 Å². The van der Waals surface area contributed by atoms with Gasteiger partial charge in [0.25, 0.3) is 0 Å². The summed E-state index contributed by atoms with van der Waals surface area (Å²) in [6, 6.07) is 3.18. The van der Waals surface area contributed by atoms with Crippen LogP contribution in [0.1, 0.15) is 21.2 Å². The fourth-order valence-corrected chi connectivity index (χ4v) is 2.24. The topological polar surface area (TPSA) is 117 Å². The van der Waals surface area contributed by atoms with E-state index in [-0.39, 0.29) is 11.7 Å². The summed E-state index contributed by atoms with van der Waals surface area (Å²) < 4.78 is 0. The number of hydrogen-bond donors (Lipinski definition) is 3. The zero-order valence-electron chi connectivity index (χ0n) is 10.9. The van der Waals surface area contributed by atoms with Crippen LogP contribution >= 0.6 is 11.3 Å². The highest BCUT2D eigenvalue weighted by Gasteiger charge is 2.08. The summed E-state index contributed by atoms with van der Waals surface area (Å²) in [5.41, 5.74) is 0.695. The second kappa shape index (κ2) is 7.29. The van der Waals surface area contributed by atoms with Crippen molar-refractivity contribution in [2.75, 3.05) is 6.54 Å². The van der Waals surface area contributed by atoms with E-state index in [0.717, 1.165) is 0 Å². The number of carbonyl (C=O) groups excluding carboxylic acids is 1. The number of urea groups is 1. The van der Waals surface area contributed by atoms with E-state index < -0.39 is 5.97 Å². The van der Waals surface area contributed by atoms with E-state index in [4.69, 9.17) is 5.11 Å². The molecule has 2 rings (SSSR count). The molecule has 0 fully saturated rings. The van der Waals surface area contributed by atoms with Crippen LogP contribution in [0.4, 0.5) is 4.79 Å². The third-order valence-electron chi connectivity index (χ3n) is 2.45. The van der Waals surface area contributed by atoms with Gasteiger partial charge in [-0.05, 0) is 12.1 Å². The van der Waals surface area contributed by atoms with E-state index in [0.29, 0.717) is 30.2 Å². The molecule has 2 heterocycles. The Hall–Kier alpha value is -2.55. The van der Waals surface area contributed by atoms with Crippen molar-refractivity contribution in [3.05, 3.63) is 40.1 Å². The van der Waals surface area contributed by atoms with Crippen LogP contribution in [0.25, 0.3) is 0 Å². The van der Waals surface area contributed by atoms with Crippen LogP contribution in [-0.2, 0) is 13.0 Å². The molecule has 8 nitrogen and oxygen atoms in total. The van der Waals surface area contributed by atoms with Gasteiger partial charge in [0.15, 0.2) is 5.69 Å². The Balaban J connectivity index is 1.68. The number of carboxylic acid groups (broad SMARTS) is 1. The van der Waals surface area contributed by atoms with Crippen LogP contribution in [0, 0.1) is 0 Å². The molecular weight excluding hydrogens is 294 g/mol. The van der Waals surface area contributed by atoms with Crippen molar-refractivity contribution in [2.45, 2.75) is 13.0 Å². The number of rotatable bonds is 6. The van der Waals surface area contributed by atoms with Gasteiger partial charge >= 0.3 is 12.0 Å². The van der Waals surface area contributed by atoms with Gasteiger partial charge in [-0.2, -0.15) is 10.2 Å². The van der Waals surface area contributed by atoms with Gasteiger partial charge < -0.3 is 15.7 Å². The summed E-state index contributed by atoms with van der Waals surface area (Å²) in [6.45, 7) is 0.666. The van der Waals surface area contributed by atoms with Crippen molar-refractivity contribution in [3.63, 3.8) is 0 Å². The molecule has 9 heteroatoms. The van der Waals surface area contributed by atoms with Crippen LogP contribution in [0.15, 0.2) is 23.7 Å². The molecule has 0 saturated heterocycles. The second-order valence-corrected chi connectivity index (χ2v) is 4.95. The van der Waals surface area contributed by atoms with Crippen LogP contribution < -0.4 is 10.6 Å². The molecule has 0 aliphatic rings. The maximum Gasteiger partial charge on any atom is 0.355 e. The zero-order valence-corrected chi connectivity index (χ0v) is 11.8. The maximum atomic E-state index is 11.5. The summed E-state index contributed by atoms with van der Waals surface area (Å²) >= 11 is 1.26. The SMILES string of the molecule is O=C(NCCc1nc(C(=O)O)cs1)NCc1cccnn1. The van der Waals surface area contributed by atoms with Crippen molar-refractivity contribution in [3.8, 4) is 0 Å². The lowest BCUT2D eigenvalue weighted by molar-refractivity contribution is 0.0691. The van der Waals surface area contributed by atoms with E-state index in [1.165, 1.54) is 16.7 Å². The number of amides is 2. The third-order valence-corrected chi connectivity index (χ3v) is 3.36. The molecule has 0 radical (unpaired) electrons. The minimum Gasteiger partial charge on any atom is -0.476 e. The zero-order chi connectivity index (χ0) is 15.1. The van der Waals surface area contributed by atoms with Gasteiger partial charge in [-0.1, -0.05) is 0 Å². The first-order valence-electron chi connectivity index (χ1n) is 6.11. The normalized spacial score (nSPS) is 10.1. The van der Waals surface area contributed by atoms with Crippen LogP contribution in [0.2, 0.25) is 0 Å². The van der Waals surface area contributed by atoms with Gasteiger partial charge in [0.1, 0.15) is 0 Å². The predicted molar refractivity (Wildman–Crippen MR) is 75.0 cm³/mol. The minimum absolute atomic E-state index is 0.0297. The van der Waals surface area contributed by atoms with Gasteiger partial charge in [0.2, 0.25) is 0 Å². The van der Waals surface area contributed by atoms with E-state index in [2.05, 4.69) is 25.8 Å². The largest absolute Gasteiger partial charge is 0.476 e. The standard InChI is InChI=1S/C12H13N5O3S/c18-11(19)9-7-21-10(16-9)3-5-13-12(20)14-6-8-2-1-4-15-17-8/h1-2,4,7H,3,5-6H2,(H,18,19)(H2,13,14,20). The van der Waals surface area contributed by atoms with Crippen molar-refractivity contribution >= 4 is 23.3 Å². The summed E-state index contributed by atoms with van der Waals surface area (Å²) in [4.78, 5) is 26.1. The number of thiazole rings is 1. The van der Waals surface area contributed by atoms with E-state index in [9.17, 15) is 9.59 Å². The molecule has 0 aliphatic heterocycles. The Morgan fingerprint density at radius 3 is 2.86 bits per heavy atom. The van der Waals surface area contributed by atoms with E-state index in [1.807, 2.05) is 0 Å². The van der Waals surface area contributed by atoms with Gasteiger partial charge in [-0.25, -0.2) is 14.6 Å². The smallest absolute Gasteiger partial charge is 0.355 e. The average Bonchev–Trinajstić information content (AvgIpc) is 2.95. The Morgan fingerprint density at radius 2 is 2.19 bits per heavy atom. The lowest BCUT2D eigenvalue weighted by Gasteiger charge is -2.05. The molecule has 0 aliphatic carbocycles. The maximum absolute atomic E-state index is 11.5. The number of aromatic nitrogens is 3. The fourth-order valence-electron chi connectivity index (χ4n) is 1.47. The minimum atomic E-state index is -1.05. The Bertz CT molecular complexity index is 616. The Kier molecular flexibility index (Phi) is 5.16. The Morgan fingerprint density at radius 1 is 1.33 bits per heavy atom. The molecule has 0 saturated carbocycles. The summed E-state index contributed by atoms with van der Waals surface area (Å²) in [5, 5.41) is 23.7. The van der Waals surface area contributed by atoms with Crippen LogP contribution in [0.5, 0.6) is 0 Å². The van der Waals surface area contributed by atoms with Crippen molar-refractivity contribution in [2.24, 2.45) is 0 Å². The van der Waals surface area contributed by atoms with Crippen LogP contribution in [-0.4, -0.2) is 38.8 Å². The molecule has 0 spiro atoms. The number of aromatic carboxylic acids is 1. The molecule has 2 amide bonds. The highest BCUT2D eigenvalue weighted by atomic mass is 32.1. The lowest BCUT2D eigenvalue weighted by atomic mass is 10.4. The van der Waals surface area contributed by atoms with E-state index >= 15 is 0 Å². The first-order chi connectivity index (χ1) is 10.1.